The molecule has 9 nitrogen and oxygen atoms in total. The number of hydrogen-bond acceptors (Lipinski definition) is 9. The summed E-state index contributed by atoms with van der Waals surface area (Å²) in [6.45, 7) is 1.97. The fraction of sp³-hybridized carbons (Fsp3) is 0.278. The molecule has 0 bridgehead atoms. The summed E-state index contributed by atoms with van der Waals surface area (Å²) < 4.78 is 9.64. The van der Waals surface area contributed by atoms with E-state index in [4.69, 9.17) is 9.37 Å². The number of hydrogen-bond donors (Lipinski definition) is 1. The molecule has 0 spiro atoms. The number of nitrogens with one attached hydrogen (secondary N) is 1. The molecule has 3 rings (SSSR count). The van der Waals surface area contributed by atoms with Crippen molar-refractivity contribution >= 4 is 40.1 Å². The summed E-state index contributed by atoms with van der Waals surface area (Å²) in [4.78, 5) is 22.6. The van der Waals surface area contributed by atoms with Crippen LogP contribution >= 0.6 is 11.8 Å². The van der Waals surface area contributed by atoms with E-state index < -0.39 is 4.92 Å². The number of thioether (sulfide) groups is 1. The second-order valence-electron chi connectivity index (χ2n) is 5.88. The van der Waals surface area contributed by atoms with Gasteiger partial charge in [-0.05, 0) is 28.4 Å². The average molecular weight is 402 g/mol. The van der Waals surface area contributed by atoms with Gasteiger partial charge in [0, 0.05) is 24.1 Å². The predicted octanol–water partition coefficient (Wildman–Crippen LogP) is 3.79. The highest BCUT2D eigenvalue weighted by molar-refractivity contribution is 7.98. The molecule has 0 aliphatic rings. The van der Waals surface area contributed by atoms with Crippen LogP contribution in [0.25, 0.3) is 11.0 Å². The number of fused-ring (bicyclic) bond motifs is 1. The van der Waals surface area contributed by atoms with Gasteiger partial charge in [-0.15, -0.1) is 11.8 Å². The number of carbonyl (C=O) groups is 1. The Balaban J connectivity index is 1.82. The first-order valence-corrected chi connectivity index (χ1v) is 9.52. The molecule has 0 unspecified atom stereocenters. The standard InChI is InChI=1S/C18H18N4O5S/c1-12(23)26-9-5-8-19-14-10-15(28-11-13-6-3-2-4-7-13)16-17(21-27-20-16)18(14)22(24)25/h2-4,6-7,10,19H,5,8-9,11H2,1H3. The van der Waals surface area contributed by atoms with Gasteiger partial charge in [0.05, 0.1) is 11.5 Å². The van der Waals surface area contributed by atoms with Crippen LogP contribution < -0.4 is 5.32 Å². The zero-order valence-corrected chi connectivity index (χ0v) is 15.9. The topological polar surface area (TPSA) is 120 Å². The van der Waals surface area contributed by atoms with Crippen molar-refractivity contribution < 1.29 is 19.1 Å². The van der Waals surface area contributed by atoms with Crippen LogP contribution in [0.3, 0.4) is 0 Å². The van der Waals surface area contributed by atoms with Crippen molar-refractivity contribution in [2.24, 2.45) is 0 Å². The van der Waals surface area contributed by atoms with Gasteiger partial charge in [0.2, 0.25) is 5.52 Å². The van der Waals surface area contributed by atoms with E-state index in [9.17, 15) is 14.9 Å². The zero-order valence-electron chi connectivity index (χ0n) is 15.1. The van der Waals surface area contributed by atoms with Gasteiger partial charge in [-0.1, -0.05) is 30.3 Å². The Bertz CT molecular complexity index is 977. The van der Waals surface area contributed by atoms with Crippen molar-refractivity contribution in [3.8, 4) is 0 Å². The third kappa shape index (κ3) is 4.77. The van der Waals surface area contributed by atoms with Crippen molar-refractivity contribution in [2.75, 3.05) is 18.5 Å². The Kier molecular flexibility index (Phi) is 6.43. The Morgan fingerprint density at radius 1 is 1.29 bits per heavy atom. The molecule has 0 fully saturated rings. The van der Waals surface area contributed by atoms with Gasteiger partial charge in [-0.25, -0.2) is 4.63 Å². The third-order valence-electron chi connectivity index (χ3n) is 3.84. The number of ether oxygens (including phenoxy) is 1. The van der Waals surface area contributed by atoms with Gasteiger partial charge in [0.25, 0.3) is 0 Å². The Morgan fingerprint density at radius 3 is 2.75 bits per heavy atom. The van der Waals surface area contributed by atoms with Crippen LogP contribution in [0.5, 0.6) is 0 Å². The molecule has 0 saturated carbocycles. The van der Waals surface area contributed by atoms with Gasteiger partial charge in [-0.3, -0.25) is 14.9 Å². The van der Waals surface area contributed by atoms with E-state index in [-0.39, 0.29) is 23.8 Å². The molecule has 0 saturated heterocycles. The number of nitro groups is 1. The number of nitrogens with zero attached hydrogens (tertiary/aromatic N) is 3. The average Bonchev–Trinajstić information content (AvgIpc) is 3.15. The molecule has 2 aromatic carbocycles. The quantitative estimate of drug-likeness (QED) is 0.187. The summed E-state index contributed by atoms with van der Waals surface area (Å²) in [5.74, 6) is 0.313. The fourth-order valence-corrected chi connectivity index (χ4v) is 3.56. The van der Waals surface area contributed by atoms with Crippen LogP contribution in [0.15, 0.2) is 45.9 Å². The van der Waals surface area contributed by atoms with Crippen LogP contribution in [0.1, 0.15) is 18.9 Å². The first-order valence-electron chi connectivity index (χ1n) is 8.54. The van der Waals surface area contributed by atoms with Gasteiger partial charge in [0.1, 0.15) is 5.69 Å². The SMILES string of the molecule is CC(=O)OCCCNc1cc(SCc2ccccc2)c2nonc2c1[N+](=O)[O-]. The highest BCUT2D eigenvalue weighted by Gasteiger charge is 2.25. The summed E-state index contributed by atoms with van der Waals surface area (Å²) in [5.41, 5.74) is 1.72. The Hall–Kier alpha value is -3.14. The molecule has 146 valence electrons. The molecular weight excluding hydrogens is 384 g/mol. The van der Waals surface area contributed by atoms with Crippen molar-refractivity contribution in [2.45, 2.75) is 24.0 Å². The van der Waals surface area contributed by atoms with Gasteiger partial charge >= 0.3 is 11.7 Å². The largest absolute Gasteiger partial charge is 0.466 e. The molecule has 0 radical (unpaired) electrons. The number of nitro benzene ring substituents is 1. The maximum absolute atomic E-state index is 11.6. The van der Waals surface area contributed by atoms with Crippen LogP contribution in [0.2, 0.25) is 0 Å². The highest BCUT2D eigenvalue weighted by atomic mass is 32.2. The Morgan fingerprint density at radius 2 is 2.04 bits per heavy atom. The molecule has 0 aliphatic heterocycles. The number of esters is 1. The minimum atomic E-state index is -0.507. The molecule has 1 N–H and O–H groups in total. The smallest absolute Gasteiger partial charge is 0.323 e. The molecule has 28 heavy (non-hydrogen) atoms. The summed E-state index contributed by atoms with van der Waals surface area (Å²) >= 11 is 1.50. The van der Waals surface area contributed by atoms with Gasteiger partial charge < -0.3 is 10.1 Å². The van der Waals surface area contributed by atoms with E-state index in [0.717, 1.165) is 10.5 Å². The molecule has 10 heteroatoms. The summed E-state index contributed by atoms with van der Waals surface area (Å²) in [6.07, 6.45) is 0.512. The van der Waals surface area contributed by atoms with E-state index in [1.807, 2.05) is 30.3 Å². The lowest BCUT2D eigenvalue weighted by Crippen LogP contribution is -2.09. The fourth-order valence-electron chi connectivity index (χ4n) is 2.58. The van der Waals surface area contributed by atoms with Crippen molar-refractivity contribution in [3.05, 3.63) is 52.1 Å². The lowest BCUT2D eigenvalue weighted by atomic mass is 10.2. The van der Waals surface area contributed by atoms with Crippen molar-refractivity contribution in [1.29, 1.82) is 0 Å². The predicted molar refractivity (Wildman–Crippen MR) is 104 cm³/mol. The van der Waals surface area contributed by atoms with Crippen LogP contribution in [0, 0.1) is 10.1 Å². The normalized spacial score (nSPS) is 10.8. The molecule has 0 atom stereocenters. The van der Waals surface area contributed by atoms with Crippen LogP contribution in [0.4, 0.5) is 11.4 Å². The number of benzene rings is 2. The second-order valence-corrected chi connectivity index (χ2v) is 6.90. The van der Waals surface area contributed by atoms with Gasteiger partial charge in [0.15, 0.2) is 5.52 Å². The maximum Gasteiger partial charge on any atom is 0.323 e. The van der Waals surface area contributed by atoms with E-state index in [0.29, 0.717) is 29.9 Å². The van der Waals surface area contributed by atoms with E-state index >= 15 is 0 Å². The van der Waals surface area contributed by atoms with Crippen LogP contribution in [-0.2, 0) is 15.3 Å². The monoisotopic (exact) mass is 402 g/mol. The highest BCUT2D eigenvalue weighted by Crippen LogP contribution is 2.39. The lowest BCUT2D eigenvalue weighted by molar-refractivity contribution is -0.382. The molecule has 0 amide bonds. The molecular formula is C18H18N4O5S. The van der Waals surface area contributed by atoms with E-state index in [1.54, 1.807) is 6.07 Å². The number of anilines is 1. The second kappa shape index (κ2) is 9.18. The maximum atomic E-state index is 11.6. The molecule has 1 aromatic heterocycles. The summed E-state index contributed by atoms with van der Waals surface area (Å²) in [6, 6.07) is 11.5. The van der Waals surface area contributed by atoms with Gasteiger partial charge in [-0.2, -0.15) is 0 Å². The lowest BCUT2D eigenvalue weighted by Gasteiger charge is -2.10. The molecule has 0 aliphatic carbocycles. The zero-order chi connectivity index (χ0) is 19.9. The van der Waals surface area contributed by atoms with Crippen molar-refractivity contribution in [3.63, 3.8) is 0 Å². The molecule has 3 aromatic rings. The summed E-state index contributed by atoms with van der Waals surface area (Å²) in [5, 5.41) is 22.2. The van der Waals surface area contributed by atoms with E-state index in [1.165, 1.54) is 18.7 Å². The third-order valence-corrected chi connectivity index (χ3v) is 4.94. The van der Waals surface area contributed by atoms with Crippen molar-refractivity contribution in [1.82, 2.24) is 10.3 Å². The first kappa shape index (κ1) is 19.6. The Labute approximate surface area is 164 Å². The van der Waals surface area contributed by atoms with Crippen LogP contribution in [-0.4, -0.2) is 34.4 Å². The number of rotatable bonds is 9. The number of carbonyl (C=O) groups excluding carboxylic acids is 1. The van der Waals surface area contributed by atoms with E-state index in [2.05, 4.69) is 15.6 Å². The molecule has 1 heterocycles. The summed E-state index contributed by atoms with van der Waals surface area (Å²) in [7, 11) is 0. The minimum absolute atomic E-state index is 0.102. The first-order chi connectivity index (χ1) is 13.6. The minimum Gasteiger partial charge on any atom is -0.466 e. The number of aromatic nitrogens is 2.